The number of ketones is 1. The Morgan fingerprint density at radius 2 is 1.81 bits per heavy atom. The van der Waals surface area contributed by atoms with Gasteiger partial charge in [0.05, 0.1) is 13.4 Å². The molecule has 132 valence electrons. The van der Waals surface area contributed by atoms with Crippen molar-refractivity contribution in [3.8, 4) is 11.4 Å². The maximum Gasteiger partial charge on any atom is 0.213 e. The monoisotopic (exact) mass is 348 g/mol. The Morgan fingerprint density at radius 3 is 2.42 bits per heavy atom. The average molecular weight is 348 g/mol. The van der Waals surface area contributed by atoms with Gasteiger partial charge in [-0.15, -0.1) is 0 Å². The van der Waals surface area contributed by atoms with Gasteiger partial charge in [-0.25, -0.2) is 9.98 Å². The number of benzene rings is 2. The number of hydrogen-bond donors (Lipinski definition) is 0. The summed E-state index contributed by atoms with van der Waals surface area (Å²) in [6.45, 7) is 0. The van der Waals surface area contributed by atoms with E-state index < -0.39 is 0 Å². The molecule has 0 saturated heterocycles. The van der Waals surface area contributed by atoms with Crippen LogP contribution in [0.2, 0.25) is 0 Å². The molecule has 0 unspecified atom stereocenters. The van der Waals surface area contributed by atoms with Crippen LogP contribution in [0, 0.1) is 0 Å². The number of ether oxygens (including phenoxy) is 1. The van der Waals surface area contributed by atoms with Gasteiger partial charge < -0.3 is 9.64 Å². The Hall–Kier alpha value is -3.41. The normalized spacial score (nSPS) is 10.9. The molecule has 0 aliphatic heterocycles. The van der Waals surface area contributed by atoms with E-state index in [1.807, 2.05) is 56.6 Å². The van der Waals surface area contributed by atoms with E-state index in [9.17, 15) is 4.79 Å². The Bertz CT molecular complexity index is 913. The van der Waals surface area contributed by atoms with E-state index in [-0.39, 0.29) is 5.78 Å². The lowest BCUT2D eigenvalue weighted by atomic mass is 10.1. The van der Waals surface area contributed by atoms with Gasteiger partial charge in [0.25, 0.3) is 0 Å². The summed E-state index contributed by atoms with van der Waals surface area (Å²) >= 11 is 0. The van der Waals surface area contributed by atoms with Crippen molar-refractivity contribution in [2.45, 2.75) is 0 Å². The zero-order valence-electron chi connectivity index (χ0n) is 15.0. The molecule has 6 heteroatoms. The third-order valence-electron chi connectivity index (χ3n) is 3.76. The van der Waals surface area contributed by atoms with E-state index in [1.165, 1.54) is 0 Å². The van der Waals surface area contributed by atoms with Crippen LogP contribution in [0.25, 0.3) is 5.69 Å². The second kappa shape index (κ2) is 7.65. The number of carbonyl (C=O) groups excluding carboxylic acids is 1. The summed E-state index contributed by atoms with van der Waals surface area (Å²) in [6.07, 6.45) is 3.24. The van der Waals surface area contributed by atoms with Gasteiger partial charge in [-0.05, 0) is 24.3 Å². The molecule has 26 heavy (non-hydrogen) atoms. The molecule has 0 atom stereocenters. The summed E-state index contributed by atoms with van der Waals surface area (Å²) in [4.78, 5) is 23.6. The van der Waals surface area contributed by atoms with Crippen LogP contribution in [0.1, 0.15) is 16.1 Å². The quantitative estimate of drug-likeness (QED) is 0.389. The second-order valence-electron chi connectivity index (χ2n) is 5.89. The predicted octanol–water partition coefficient (Wildman–Crippen LogP) is 3.33. The number of nitrogens with zero attached hydrogens (tertiary/aromatic N) is 4. The lowest BCUT2D eigenvalue weighted by Crippen LogP contribution is -2.10. The molecule has 1 heterocycles. The number of rotatable bonds is 6. The van der Waals surface area contributed by atoms with Gasteiger partial charge >= 0.3 is 0 Å². The third-order valence-corrected chi connectivity index (χ3v) is 3.76. The number of aliphatic imine (C=N–C) groups is 1. The number of imidazole rings is 1. The minimum atomic E-state index is -0.134. The van der Waals surface area contributed by atoms with Crippen molar-refractivity contribution in [3.63, 3.8) is 0 Å². The molecular weight excluding hydrogens is 328 g/mol. The highest BCUT2D eigenvalue weighted by molar-refractivity contribution is 6.11. The first-order valence-corrected chi connectivity index (χ1v) is 8.12. The molecule has 3 aromatic rings. The first-order valence-electron chi connectivity index (χ1n) is 8.12. The van der Waals surface area contributed by atoms with Gasteiger partial charge in [0.1, 0.15) is 17.8 Å². The van der Waals surface area contributed by atoms with Gasteiger partial charge in [0.2, 0.25) is 5.78 Å². The summed E-state index contributed by atoms with van der Waals surface area (Å²) in [5, 5.41) is 0. The molecule has 3 rings (SSSR count). The summed E-state index contributed by atoms with van der Waals surface area (Å²) in [5.41, 5.74) is 1.81. The summed E-state index contributed by atoms with van der Waals surface area (Å²) < 4.78 is 6.95. The minimum absolute atomic E-state index is 0.134. The minimum Gasteiger partial charge on any atom is -0.497 e. The fourth-order valence-electron chi connectivity index (χ4n) is 2.48. The van der Waals surface area contributed by atoms with E-state index in [0.29, 0.717) is 17.1 Å². The first kappa shape index (κ1) is 17.4. The lowest BCUT2D eigenvalue weighted by Gasteiger charge is -2.09. The highest BCUT2D eigenvalue weighted by Crippen LogP contribution is 2.25. The summed E-state index contributed by atoms with van der Waals surface area (Å²) in [7, 11) is 5.34. The van der Waals surface area contributed by atoms with Crippen LogP contribution in [0.3, 0.4) is 0 Å². The van der Waals surface area contributed by atoms with Gasteiger partial charge in [0, 0.05) is 25.3 Å². The van der Waals surface area contributed by atoms with E-state index in [1.54, 1.807) is 41.4 Å². The average Bonchev–Trinajstić information content (AvgIpc) is 3.10. The lowest BCUT2D eigenvalue weighted by molar-refractivity contribution is 0.103. The zero-order valence-corrected chi connectivity index (χ0v) is 15.0. The molecule has 0 aliphatic carbocycles. The fourth-order valence-corrected chi connectivity index (χ4v) is 2.48. The van der Waals surface area contributed by atoms with E-state index >= 15 is 0 Å². The molecule has 0 N–H and O–H groups in total. The smallest absolute Gasteiger partial charge is 0.213 e. The van der Waals surface area contributed by atoms with Crippen LogP contribution in [0.5, 0.6) is 5.75 Å². The van der Waals surface area contributed by atoms with Crippen molar-refractivity contribution in [1.29, 1.82) is 0 Å². The van der Waals surface area contributed by atoms with Crippen LogP contribution in [-0.4, -0.2) is 47.8 Å². The van der Waals surface area contributed by atoms with Crippen LogP contribution < -0.4 is 4.74 Å². The highest BCUT2D eigenvalue weighted by atomic mass is 16.5. The van der Waals surface area contributed by atoms with Crippen molar-refractivity contribution in [1.82, 2.24) is 14.5 Å². The van der Waals surface area contributed by atoms with Gasteiger partial charge in [-0.3, -0.25) is 9.36 Å². The molecule has 0 spiro atoms. The zero-order chi connectivity index (χ0) is 18.5. The van der Waals surface area contributed by atoms with Gasteiger partial charge in [-0.1, -0.05) is 30.3 Å². The molecule has 0 saturated carbocycles. The molecule has 0 amide bonds. The van der Waals surface area contributed by atoms with Crippen molar-refractivity contribution in [3.05, 3.63) is 72.2 Å². The van der Waals surface area contributed by atoms with Crippen molar-refractivity contribution < 1.29 is 9.53 Å². The largest absolute Gasteiger partial charge is 0.497 e. The Morgan fingerprint density at radius 1 is 1.12 bits per heavy atom. The molecular formula is C20H20N4O2. The van der Waals surface area contributed by atoms with E-state index in [0.717, 1.165) is 11.4 Å². The van der Waals surface area contributed by atoms with Crippen LogP contribution in [0.4, 0.5) is 5.82 Å². The van der Waals surface area contributed by atoms with Gasteiger partial charge in [0.15, 0.2) is 5.82 Å². The maximum absolute atomic E-state index is 13.1. The fraction of sp³-hybridized carbons (Fsp3) is 0.150. The first-order chi connectivity index (χ1) is 12.6. The second-order valence-corrected chi connectivity index (χ2v) is 5.89. The van der Waals surface area contributed by atoms with Gasteiger partial charge in [-0.2, -0.15) is 0 Å². The van der Waals surface area contributed by atoms with E-state index in [2.05, 4.69) is 9.98 Å². The van der Waals surface area contributed by atoms with E-state index in [4.69, 9.17) is 4.74 Å². The van der Waals surface area contributed by atoms with Crippen molar-refractivity contribution >= 4 is 17.9 Å². The van der Waals surface area contributed by atoms with Crippen molar-refractivity contribution in [2.75, 3.05) is 21.2 Å². The third kappa shape index (κ3) is 3.64. The predicted molar refractivity (Wildman–Crippen MR) is 102 cm³/mol. The Labute approximate surface area is 152 Å². The number of aromatic nitrogens is 2. The summed E-state index contributed by atoms with van der Waals surface area (Å²) in [5.74, 6) is 0.990. The Balaban J connectivity index is 2.11. The highest BCUT2D eigenvalue weighted by Gasteiger charge is 2.21. The van der Waals surface area contributed by atoms with Crippen LogP contribution in [0.15, 0.2) is 65.9 Å². The number of methoxy groups -OCH3 is 1. The Kier molecular flexibility index (Phi) is 5.12. The SMILES string of the molecule is COc1ccc(-n2cnc(/N=C/N(C)C)c2C(=O)c2ccccc2)cc1. The maximum atomic E-state index is 13.1. The topological polar surface area (TPSA) is 59.7 Å². The molecule has 6 nitrogen and oxygen atoms in total. The molecule has 2 aromatic carbocycles. The van der Waals surface area contributed by atoms with Crippen LogP contribution in [-0.2, 0) is 0 Å². The van der Waals surface area contributed by atoms with Crippen molar-refractivity contribution in [2.24, 2.45) is 4.99 Å². The summed E-state index contributed by atoms with van der Waals surface area (Å²) in [6, 6.07) is 16.6. The molecule has 0 fully saturated rings. The molecule has 1 aromatic heterocycles. The standard InChI is InChI=1S/C20H20N4O2/c1-23(2)13-21-20-18(19(25)15-7-5-4-6-8-15)24(14-22-20)16-9-11-17(26-3)12-10-16/h4-14H,1-3H3/b21-13+. The number of hydrogen-bond acceptors (Lipinski definition) is 4. The molecule has 0 radical (unpaired) electrons. The molecule has 0 aliphatic rings. The van der Waals surface area contributed by atoms with Crippen LogP contribution >= 0.6 is 0 Å². The molecule has 0 bridgehead atoms. The number of carbonyl (C=O) groups is 1.